The van der Waals surface area contributed by atoms with Crippen molar-refractivity contribution >= 4 is 0 Å². The highest BCUT2D eigenvalue weighted by atomic mass is 15.2. The monoisotopic (exact) mass is 252 g/mol. The molecule has 2 rings (SSSR count). The molecule has 0 aromatic heterocycles. The lowest BCUT2D eigenvalue weighted by Crippen LogP contribution is -2.55. The van der Waals surface area contributed by atoms with Gasteiger partial charge in [0.2, 0.25) is 0 Å². The van der Waals surface area contributed by atoms with E-state index in [-0.39, 0.29) is 0 Å². The molecule has 1 N–H and O–H groups in total. The summed E-state index contributed by atoms with van der Waals surface area (Å²) >= 11 is 0. The largest absolute Gasteiger partial charge is 0.311 e. The van der Waals surface area contributed by atoms with Crippen LogP contribution in [0.25, 0.3) is 0 Å². The second kappa shape index (κ2) is 6.91. The molecule has 106 valence electrons. The third-order valence-electron chi connectivity index (χ3n) is 4.84. The number of nitrogens with zero attached hydrogens (tertiary/aromatic N) is 1. The van der Waals surface area contributed by atoms with Gasteiger partial charge in [0.25, 0.3) is 0 Å². The molecule has 2 atom stereocenters. The van der Waals surface area contributed by atoms with E-state index in [1.165, 1.54) is 58.2 Å². The standard InChI is InChI=1S/C16H32N2/c1-13(2)10-16-12-18(14(3)11-17-16)9-8-15-6-4-5-7-15/h13-17H,4-12H2,1-3H3. The van der Waals surface area contributed by atoms with Crippen LogP contribution in [0.5, 0.6) is 0 Å². The SMILES string of the molecule is CC(C)CC1CN(CCC2CCCC2)C(C)CN1. The summed E-state index contributed by atoms with van der Waals surface area (Å²) in [6.45, 7) is 10.8. The maximum absolute atomic E-state index is 3.72. The van der Waals surface area contributed by atoms with Crippen LogP contribution in [0.15, 0.2) is 0 Å². The van der Waals surface area contributed by atoms with Crippen LogP contribution in [0.1, 0.15) is 59.3 Å². The molecule has 1 aliphatic heterocycles. The first kappa shape index (κ1) is 14.3. The summed E-state index contributed by atoms with van der Waals surface area (Å²) in [5.74, 6) is 1.85. The predicted octanol–water partition coefficient (Wildman–Crippen LogP) is 3.28. The smallest absolute Gasteiger partial charge is 0.0198 e. The van der Waals surface area contributed by atoms with Gasteiger partial charge in [0.05, 0.1) is 0 Å². The Labute approximate surface area is 114 Å². The molecule has 18 heavy (non-hydrogen) atoms. The zero-order valence-corrected chi connectivity index (χ0v) is 12.6. The zero-order valence-electron chi connectivity index (χ0n) is 12.6. The molecule has 2 nitrogen and oxygen atoms in total. The summed E-state index contributed by atoms with van der Waals surface area (Å²) < 4.78 is 0. The van der Waals surface area contributed by atoms with Crippen LogP contribution in [0, 0.1) is 11.8 Å². The van der Waals surface area contributed by atoms with Gasteiger partial charge >= 0.3 is 0 Å². The van der Waals surface area contributed by atoms with Gasteiger partial charge in [-0.2, -0.15) is 0 Å². The lowest BCUT2D eigenvalue weighted by molar-refractivity contribution is 0.124. The first-order chi connectivity index (χ1) is 8.65. The lowest BCUT2D eigenvalue weighted by Gasteiger charge is -2.40. The molecule has 2 aliphatic rings. The van der Waals surface area contributed by atoms with E-state index in [1.54, 1.807) is 0 Å². The highest BCUT2D eigenvalue weighted by Gasteiger charge is 2.26. The Kier molecular flexibility index (Phi) is 5.50. The second-order valence-corrected chi connectivity index (χ2v) is 7.02. The third-order valence-corrected chi connectivity index (χ3v) is 4.84. The van der Waals surface area contributed by atoms with E-state index in [4.69, 9.17) is 0 Å². The molecule has 1 saturated carbocycles. The normalized spacial score (nSPS) is 31.3. The Bertz CT molecular complexity index is 233. The van der Waals surface area contributed by atoms with Crippen LogP contribution in [0.2, 0.25) is 0 Å². The summed E-state index contributed by atoms with van der Waals surface area (Å²) in [5, 5.41) is 3.72. The Balaban J connectivity index is 1.74. The van der Waals surface area contributed by atoms with Crippen molar-refractivity contribution in [3.63, 3.8) is 0 Å². The molecule has 0 radical (unpaired) electrons. The van der Waals surface area contributed by atoms with Crippen molar-refractivity contribution < 1.29 is 0 Å². The van der Waals surface area contributed by atoms with Gasteiger partial charge in [-0.3, -0.25) is 4.90 Å². The molecular formula is C16H32N2. The first-order valence-electron chi connectivity index (χ1n) is 8.12. The number of rotatable bonds is 5. The van der Waals surface area contributed by atoms with Crippen molar-refractivity contribution in [3.8, 4) is 0 Å². The van der Waals surface area contributed by atoms with E-state index in [2.05, 4.69) is 31.0 Å². The van der Waals surface area contributed by atoms with Gasteiger partial charge in [-0.15, -0.1) is 0 Å². The lowest BCUT2D eigenvalue weighted by atomic mass is 9.98. The molecule has 0 aromatic carbocycles. The number of hydrogen-bond acceptors (Lipinski definition) is 2. The van der Waals surface area contributed by atoms with E-state index >= 15 is 0 Å². The molecule has 1 saturated heterocycles. The molecule has 0 spiro atoms. The van der Waals surface area contributed by atoms with E-state index < -0.39 is 0 Å². The number of hydrogen-bond donors (Lipinski definition) is 1. The van der Waals surface area contributed by atoms with Crippen LogP contribution in [0.4, 0.5) is 0 Å². The van der Waals surface area contributed by atoms with Gasteiger partial charge in [0, 0.05) is 25.2 Å². The fourth-order valence-corrected chi connectivity index (χ4v) is 3.68. The Hall–Kier alpha value is -0.0800. The van der Waals surface area contributed by atoms with Gasteiger partial charge in [-0.25, -0.2) is 0 Å². The Morgan fingerprint density at radius 2 is 1.94 bits per heavy atom. The third kappa shape index (κ3) is 4.24. The summed E-state index contributed by atoms with van der Waals surface area (Å²) in [7, 11) is 0. The average Bonchev–Trinajstić information content (AvgIpc) is 2.82. The molecule has 2 heteroatoms. The molecule has 0 bridgehead atoms. The minimum atomic E-state index is 0.727. The summed E-state index contributed by atoms with van der Waals surface area (Å²) in [6, 6.07) is 1.46. The van der Waals surface area contributed by atoms with Crippen molar-refractivity contribution in [1.29, 1.82) is 0 Å². The van der Waals surface area contributed by atoms with Crippen LogP contribution < -0.4 is 5.32 Å². The van der Waals surface area contributed by atoms with Crippen molar-refractivity contribution in [1.82, 2.24) is 10.2 Å². The molecule has 2 unspecified atom stereocenters. The van der Waals surface area contributed by atoms with Crippen molar-refractivity contribution in [3.05, 3.63) is 0 Å². The molecule has 2 fully saturated rings. The van der Waals surface area contributed by atoms with Crippen LogP contribution in [-0.4, -0.2) is 36.6 Å². The van der Waals surface area contributed by atoms with Gasteiger partial charge < -0.3 is 5.32 Å². The molecule has 1 aliphatic carbocycles. The maximum atomic E-state index is 3.72. The molecule has 0 amide bonds. The summed E-state index contributed by atoms with van der Waals surface area (Å²) in [4.78, 5) is 2.74. The minimum Gasteiger partial charge on any atom is -0.311 e. The van der Waals surface area contributed by atoms with Gasteiger partial charge in [-0.1, -0.05) is 39.5 Å². The zero-order chi connectivity index (χ0) is 13.0. The van der Waals surface area contributed by atoms with E-state index in [0.29, 0.717) is 0 Å². The average molecular weight is 252 g/mol. The fourth-order valence-electron chi connectivity index (χ4n) is 3.68. The second-order valence-electron chi connectivity index (χ2n) is 7.02. The minimum absolute atomic E-state index is 0.727. The summed E-state index contributed by atoms with van der Waals surface area (Å²) in [6.07, 6.45) is 8.73. The van der Waals surface area contributed by atoms with Crippen LogP contribution in [-0.2, 0) is 0 Å². The molecule has 1 heterocycles. The van der Waals surface area contributed by atoms with E-state index in [9.17, 15) is 0 Å². The van der Waals surface area contributed by atoms with E-state index in [1.807, 2.05) is 0 Å². The van der Waals surface area contributed by atoms with Crippen molar-refractivity contribution in [2.75, 3.05) is 19.6 Å². The highest BCUT2D eigenvalue weighted by Crippen LogP contribution is 2.28. The maximum Gasteiger partial charge on any atom is 0.0198 e. The highest BCUT2D eigenvalue weighted by molar-refractivity contribution is 4.85. The van der Waals surface area contributed by atoms with Gasteiger partial charge in [0.1, 0.15) is 0 Å². The first-order valence-corrected chi connectivity index (χ1v) is 8.12. The topological polar surface area (TPSA) is 15.3 Å². The quantitative estimate of drug-likeness (QED) is 0.808. The molecule has 0 aromatic rings. The van der Waals surface area contributed by atoms with Gasteiger partial charge in [-0.05, 0) is 38.1 Å². The van der Waals surface area contributed by atoms with Crippen LogP contribution in [0.3, 0.4) is 0 Å². The van der Waals surface area contributed by atoms with Gasteiger partial charge in [0.15, 0.2) is 0 Å². The van der Waals surface area contributed by atoms with Crippen molar-refractivity contribution in [2.45, 2.75) is 71.4 Å². The predicted molar refractivity (Wildman–Crippen MR) is 78.9 cm³/mol. The summed E-state index contributed by atoms with van der Waals surface area (Å²) in [5.41, 5.74) is 0. The molecular weight excluding hydrogens is 220 g/mol. The van der Waals surface area contributed by atoms with Crippen molar-refractivity contribution in [2.24, 2.45) is 11.8 Å². The Morgan fingerprint density at radius 3 is 2.61 bits per heavy atom. The number of piperazine rings is 1. The number of nitrogens with one attached hydrogen (secondary N) is 1. The van der Waals surface area contributed by atoms with Crippen LogP contribution >= 0.6 is 0 Å². The Morgan fingerprint density at radius 1 is 1.22 bits per heavy atom. The fraction of sp³-hybridized carbons (Fsp3) is 1.00. The van der Waals surface area contributed by atoms with E-state index in [0.717, 1.165) is 23.9 Å².